The van der Waals surface area contributed by atoms with Crippen LogP contribution in [0.4, 0.5) is 0 Å². The van der Waals surface area contributed by atoms with Gasteiger partial charge in [0.15, 0.2) is 17.5 Å². The van der Waals surface area contributed by atoms with E-state index < -0.39 is 0 Å². The van der Waals surface area contributed by atoms with E-state index in [4.69, 9.17) is 23.9 Å². The molecular weight excluding hydrogens is 384 g/mol. The highest BCUT2D eigenvalue weighted by Crippen LogP contribution is 2.34. The Kier molecular flexibility index (Phi) is 10.0. The number of nitrogens with one attached hydrogen (secondary N) is 2. The van der Waals surface area contributed by atoms with Crippen LogP contribution in [-0.4, -0.2) is 77.6 Å². The van der Waals surface area contributed by atoms with Crippen molar-refractivity contribution in [3.05, 3.63) is 17.7 Å². The van der Waals surface area contributed by atoms with Crippen molar-refractivity contribution in [2.75, 3.05) is 60.7 Å². The Morgan fingerprint density at radius 2 is 1.67 bits per heavy atom. The van der Waals surface area contributed by atoms with Gasteiger partial charge in [0.1, 0.15) is 5.75 Å². The molecule has 8 heteroatoms. The quantitative estimate of drug-likeness (QED) is 0.442. The van der Waals surface area contributed by atoms with E-state index >= 15 is 0 Å². The minimum Gasteiger partial charge on any atom is -0.496 e. The van der Waals surface area contributed by atoms with Gasteiger partial charge in [0.05, 0.1) is 41.1 Å². The number of aliphatic imine (C=N–C) groups is 1. The predicted molar refractivity (Wildman–Crippen MR) is 120 cm³/mol. The van der Waals surface area contributed by atoms with E-state index in [1.165, 1.54) is 0 Å². The summed E-state index contributed by atoms with van der Waals surface area (Å²) in [5.74, 6) is 3.34. The van der Waals surface area contributed by atoms with Crippen LogP contribution in [0.25, 0.3) is 0 Å². The fraction of sp³-hybridized carbons (Fsp3) is 0.682. The lowest BCUT2D eigenvalue weighted by Crippen LogP contribution is -2.52. The van der Waals surface area contributed by atoms with Crippen molar-refractivity contribution < 1.29 is 18.9 Å². The van der Waals surface area contributed by atoms with Crippen molar-refractivity contribution in [1.82, 2.24) is 15.5 Å². The first-order chi connectivity index (χ1) is 14.5. The molecule has 1 aromatic carbocycles. The maximum Gasteiger partial charge on any atom is 0.191 e. The molecule has 1 heterocycles. The van der Waals surface area contributed by atoms with Gasteiger partial charge in [-0.25, -0.2) is 4.99 Å². The Balaban J connectivity index is 2.11. The predicted octanol–water partition coefficient (Wildman–Crippen LogP) is 2.12. The Labute approximate surface area is 180 Å². The number of ether oxygens (including phenoxy) is 4. The second-order valence-corrected chi connectivity index (χ2v) is 7.55. The van der Waals surface area contributed by atoms with E-state index in [1.807, 2.05) is 12.1 Å². The lowest BCUT2D eigenvalue weighted by atomic mass is 10.0. The lowest BCUT2D eigenvalue weighted by molar-refractivity contribution is 0.00752. The maximum absolute atomic E-state index is 5.52. The zero-order chi connectivity index (χ0) is 21.9. The molecular formula is C22H38N4O4. The normalized spacial score (nSPS) is 16.3. The summed E-state index contributed by atoms with van der Waals surface area (Å²) < 4.78 is 21.8. The third-order valence-electron chi connectivity index (χ3n) is 5.30. The Hall–Kier alpha value is -2.19. The second kappa shape index (κ2) is 12.5. The molecule has 1 saturated heterocycles. The van der Waals surface area contributed by atoms with Gasteiger partial charge < -0.3 is 29.6 Å². The van der Waals surface area contributed by atoms with Crippen molar-refractivity contribution in [1.29, 1.82) is 0 Å². The molecule has 1 fully saturated rings. The molecule has 170 valence electrons. The van der Waals surface area contributed by atoms with Crippen LogP contribution in [0, 0.1) is 5.92 Å². The van der Waals surface area contributed by atoms with Gasteiger partial charge in [-0.1, -0.05) is 13.8 Å². The minimum atomic E-state index is 0.424. The number of hydrogen-bond donors (Lipinski definition) is 2. The van der Waals surface area contributed by atoms with Gasteiger partial charge >= 0.3 is 0 Å². The zero-order valence-electron chi connectivity index (χ0n) is 19.3. The van der Waals surface area contributed by atoms with Crippen molar-refractivity contribution >= 4 is 5.96 Å². The number of benzene rings is 1. The molecule has 8 nitrogen and oxygen atoms in total. The van der Waals surface area contributed by atoms with Crippen LogP contribution < -0.4 is 24.8 Å². The molecule has 1 aromatic rings. The van der Waals surface area contributed by atoms with Crippen molar-refractivity contribution in [3.63, 3.8) is 0 Å². The monoisotopic (exact) mass is 422 g/mol. The van der Waals surface area contributed by atoms with E-state index in [9.17, 15) is 0 Å². The number of rotatable bonds is 10. The molecule has 2 N–H and O–H groups in total. The lowest BCUT2D eigenvalue weighted by Gasteiger charge is -2.37. The first kappa shape index (κ1) is 24.1. The largest absolute Gasteiger partial charge is 0.496 e. The van der Waals surface area contributed by atoms with E-state index in [0.29, 0.717) is 30.0 Å². The zero-order valence-corrected chi connectivity index (χ0v) is 19.3. The molecule has 0 amide bonds. The molecule has 0 radical (unpaired) electrons. The topological polar surface area (TPSA) is 76.6 Å². The Morgan fingerprint density at radius 3 is 2.23 bits per heavy atom. The molecule has 1 aliphatic rings. The highest BCUT2D eigenvalue weighted by molar-refractivity contribution is 5.79. The second-order valence-electron chi connectivity index (χ2n) is 7.55. The number of methoxy groups -OCH3 is 3. The fourth-order valence-corrected chi connectivity index (χ4v) is 3.62. The van der Waals surface area contributed by atoms with Gasteiger partial charge in [-0.05, 0) is 18.9 Å². The summed E-state index contributed by atoms with van der Waals surface area (Å²) in [7, 11) is 4.89. The van der Waals surface area contributed by atoms with Crippen molar-refractivity contribution in [2.45, 2.75) is 33.4 Å². The molecule has 0 spiro atoms. The van der Waals surface area contributed by atoms with Gasteiger partial charge in [-0.3, -0.25) is 4.90 Å². The molecule has 2 rings (SSSR count). The molecule has 1 atom stereocenters. The minimum absolute atomic E-state index is 0.424. The summed E-state index contributed by atoms with van der Waals surface area (Å²) in [6.45, 7) is 12.2. The molecule has 30 heavy (non-hydrogen) atoms. The number of hydrogen-bond acceptors (Lipinski definition) is 6. The highest BCUT2D eigenvalue weighted by atomic mass is 16.5. The maximum atomic E-state index is 5.52. The smallest absolute Gasteiger partial charge is 0.191 e. The standard InChI is InChI=1S/C22H38N4O4/c1-7-23-22(25-15-18(16(2)3)26-8-10-30-11-9-26)24-14-17-12-20(28-5)21(29-6)13-19(17)27-4/h12-13,16,18H,7-11,14-15H2,1-6H3,(H2,23,24,25). The molecule has 0 saturated carbocycles. The van der Waals surface area contributed by atoms with Crippen LogP contribution in [0.5, 0.6) is 17.2 Å². The average molecular weight is 423 g/mol. The van der Waals surface area contributed by atoms with Crippen LogP contribution >= 0.6 is 0 Å². The van der Waals surface area contributed by atoms with Gasteiger partial charge in [-0.2, -0.15) is 0 Å². The Bertz CT molecular complexity index is 675. The molecule has 0 aromatic heterocycles. The van der Waals surface area contributed by atoms with E-state index in [-0.39, 0.29) is 0 Å². The van der Waals surface area contributed by atoms with E-state index in [2.05, 4.69) is 36.3 Å². The molecule has 0 aliphatic carbocycles. The third-order valence-corrected chi connectivity index (χ3v) is 5.30. The summed E-state index contributed by atoms with van der Waals surface area (Å²) in [6.07, 6.45) is 0. The van der Waals surface area contributed by atoms with Crippen molar-refractivity contribution in [3.8, 4) is 17.2 Å². The average Bonchev–Trinajstić information content (AvgIpc) is 2.77. The van der Waals surface area contributed by atoms with Crippen LogP contribution in [0.2, 0.25) is 0 Å². The summed E-state index contributed by atoms with van der Waals surface area (Å²) in [6, 6.07) is 4.17. The van der Waals surface area contributed by atoms with Crippen LogP contribution in [-0.2, 0) is 11.3 Å². The van der Waals surface area contributed by atoms with E-state index in [0.717, 1.165) is 56.7 Å². The summed E-state index contributed by atoms with van der Waals surface area (Å²) in [4.78, 5) is 7.28. The molecule has 1 aliphatic heterocycles. The van der Waals surface area contributed by atoms with Gasteiger partial charge in [0.2, 0.25) is 0 Å². The SMILES string of the molecule is CCNC(=NCc1cc(OC)c(OC)cc1OC)NCC(C(C)C)N1CCOCC1. The Morgan fingerprint density at radius 1 is 1.03 bits per heavy atom. The van der Waals surface area contributed by atoms with Gasteiger partial charge in [0.25, 0.3) is 0 Å². The number of guanidine groups is 1. The number of nitrogens with zero attached hydrogens (tertiary/aromatic N) is 2. The van der Waals surface area contributed by atoms with Crippen LogP contribution in [0.3, 0.4) is 0 Å². The molecule has 1 unspecified atom stereocenters. The number of morpholine rings is 1. The summed E-state index contributed by atoms with van der Waals surface area (Å²) in [5, 5.41) is 6.86. The van der Waals surface area contributed by atoms with Crippen LogP contribution in [0.15, 0.2) is 17.1 Å². The third kappa shape index (κ3) is 6.67. The first-order valence-electron chi connectivity index (χ1n) is 10.7. The summed E-state index contributed by atoms with van der Waals surface area (Å²) >= 11 is 0. The van der Waals surface area contributed by atoms with Crippen LogP contribution in [0.1, 0.15) is 26.3 Å². The van der Waals surface area contributed by atoms with Crippen molar-refractivity contribution in [2.24, 2.45) is 10.9 Å². The fourth-order valence-electron chi connectivity index (χ4n) is 3.62. The highest BCUT2D eigenvalue weighted by Gasteiger charge is 2.24. The van der Waals surface area contributed by atoms with Gasteiger partial charge in [0, 0.05) is 43.9 Å². The van der Waals surface area contributed by atoms with E-state index in [1.54, 1.807) is 21.3 Å². The summed E-state index contributed by atoms with van der Waals surface area (Å²) in [5.41, 5.74) is 0.931. The first-order valence-corrected chi connectivity index (χ1v) is 10.7. The molecule has 0 bridgehead atoms. The van der Waals surface area contributed by atoms with Gasteiger partial charge in [-0.15, -0.1) is 0 Å².